The van der Waals surface area contributed by atoms with Gasteiger partial charge in [-0.2, -0.15) is 0 Å². The minimum atomic E-state index is -3.69. The van der Waals surface area contributed by atoms with Gasteiger partial charge in [-0.1, -0.05) is 0 Å². The maximum absolute atomic E-state index is 13.3. The van der Waals surface area contributed by atoms with Crippen LogP contribution in [0.5, 0.6) is 0 Å². The van der Waals surface area contributed by atoms with Crippen molar-refractivity contribution in [3.05, 3.63) is 59.7 Å². The van der Waals surface area contributed by atoms with E-state index in [0.29, 0.717) is 12.1 Å². The van der Waals surface area contributed by atoms with Gasteiger partial charge in [-0.05, 0) is 42.0 Å². The molecule has 1 aliphatic rings. The third-order valence-electron chi connectivity index (χ3n) is 4.23. The summed E-state index contributed by atoms with van der Waals surface area (Å²) in [5.74, 6) is -1.13. The zero-order chi connectivity index (χ0) is 18.0. The summed E-state index contributed by atoms with van der Waals surface area (Å²) < 4.78 is 49.1. The quantitative estimate of drug-likeness (QED) is 0.897. The Bertz CT molecular complexity index is 828. The molecule has 0 saturated carbocycles. The lowest BCUT2D eigenvalue weighted by molar-refractivity contribution is 0.249. The van der Waals surface area contributed by atoms with Crippen molar-refractivity contribution in [3.8, 4) is 0 Å². The normalized spacial score (nSPS) is 16.2. The van der Waals surface area contributed by atoms with Crippen molar-refractivity contribution in [2.45, 2.75) is 11.4 Å². The molecule has 0 atom stereocenters. The molecule has 0 amide bonds. The number of anilines is 1. The van der Waals surface area contributed by atoms with Crippen LogP contribution in [0.2, 0.25) is 0 Å². The number of halogens is 2. The van der Waals surface area contributed by atoms with Crippen molar-refractivity contribution in [1.82, 2.24) is 4.90 Å². The van der Waals surface area contributed by atoms with Crippen LogP contribution in [-0.4, -0.2) is 39.5 Å². The fraction of sp³-hybridized carbons (Fsp3) is 0.294. The summed E-state index contributed by atoms with van der Waals surface area (Å²) in [6.07, 6.45) is 0. The standard InChI is InChI=1S/C17H19F2N3O2S/c18-14-9-13(10-15(19)11-14)12-21-5-7-22(8-6-21)16-1-3-17(4-2-16)25(20,23)24/h1-4,9-11H,5-8,12H2,(H2,20,23,24). The van der Waals surface area contributed by atoms with Gasteiger partial charge in [0.1, 0.15) is 11.6 Å². The molecule has 2 aromatic rings. The van der Waals surface area contributed by atoms with Gasteiger partial charge < -0.3 is 4.90 Å². The van der Waals surface area contributed by atoms with E-state index in [9.17, 15) is 17.2 Å². The van der Waals surface area contributed by atoms with Gasteiger partial charge in [0, 0.05) is 44.5 Å². The Morgan fingerprint density at radius 3 is 2.00 bits per heavy atom. The Labute approximate surface area is 145 Å². The Kier molecular flexibility index (Phi) is 5.03. The molecule has 8 heteroatoms. The first-order valence-corrected chi connectivity index (χ1v) is 9.41. The average molecular weight is 367 g/mol. The van der Waals surface area contributed by atoms with Gasteiger partial charge in [0.2, 0.25) is 10.0 Å². The molecule has 0 spiro atoms. The summed E-state index contributed by atoms with van der Waals surface area (Å²) in [7, 11) is -3.69. The van der Waals surface area contributed by atoms with Crippen molar-refractivity contribution in [2.24, 2.45) is 5.14 Å². The van der Waals surface area contributed by atoms with Crippen LogP contribution in [-0.2, 0) is 16.6 Å². The van der Waals surface area contributed by atoms with Gasteiger partial charge >= 0.3 is 0 Å². The highest BCUT2D eigenvalue weighted by Gasteiger charge is 2.18. The molecule has 5 nitrogen and oxygen atoms in total. The predicted octanol–water partition coefficient (Wildman–Crippen LogP) is 1.93. The molecular formula is C17H19F2N3O2S. The second-order valence-electron chi connectivity index (χ2n) is 6.08. The minimum absolute atomic E-state index is 0.0861. The zero-order valence-corrected chi connectivity index (χ0v) is 14.3. The molecule has 0 radical (unpaired) electrons. The molecule has 3 rings (SSSR count). The number of sulfonamides is 1. The van der Waals surface area contributed by atoms with Gasteiger partial charge in [0.25, 0.3) is 0 Å². The molecule has 0 unspecified atom stereocenters. The molecule has 0 aromatic heterocycles. The molecule has 1 aliphatic heterocycles. The van der Waals surface area contributed by atoms with E-state index < -0.39 is 21.7 Å². The molecule has 134 valence electrons. The first kappa shape index (κ1) is 17.8. The monoisotopic (exact) mass is 367 g/mol. The summed E-state index contributed by atoms with van der Waals surface area (Å²) in [6.45, 7) is 3.47. The summed E-state index contributed by atoms with van der Waals surface area (Å²) >= 11 is 0. The van der Waals surface area contributed by atoms with Crippen molar-refractivity contribution >= 4 is 15.7 Å². The smallest absolute Gasteiger partial charge is 0.238 e. The lowest BCUT2D eigenvalue weighted by Gasteiger charge is -2.36. The second-order valence-corrected chi connectivity index (χ2v) is 7.64. The van der Waals surface area contributed by atoms with Crippen LogP contribution >= 0.6 is 0 Å². The number of piperazine rings is 1. The van der Waals surface area contributed by atoms with Gasteiger partial charge in [-0.3, -0.25) is 4.90 Å². The maximum Gasteiger partial charge on any atom is 0.238 e. The fourth-order valence-electron chi connectivity index (χ4n) is 2.97. The van der Waals surface area contributed by atoms with Crippen LogP contribution in [0.25, 0.3) is 0 Å². The van der Waals surface area contributed by atoms with Crippen molar-refractivity contribution < 1.29 is 17.2 Å². The van der Waals surface area contributed by atoms with E-state index in [0.717, 1.165) is 37.9 Å². The lowest BCUT2D eigenvalue weighted by atomic mass is 10.1. The number of nitrogens with zero attached hydrogens (tertiary/aromatic N) is 2. The van der Waals surface area contributed by atoms with Crippen LogP contribution in [0.15, 0.2) is 47.4 Å². The summed E-state index contributed by atoms with van der Waals surface area (Å²) in [4.78, 5) is 4.35. The maximum atomic E-state index is 13.3. The SMILES string of the molecule is NS(=O)(=O)c1ccc(N2CCN(Cc3cc(F)cc(F)c3)CC2)cc1. The van der Waals surface area contributed by atoms with Gasteiger partial charge in [0.05, 0.1) is 4.90 Å². The second kappa shape index (κ2) is 7.07. The van der Waals surface area contributed by atoms with E-state index in [4.69, 9.17) is 5.14 Å². The number of hydrogen-bond acceptors (Lipinski definition) is 4. The van der Waals surface area contributed by atoms with Crippen LogP contribution in [0.3, 0.4) is 0 Å². The molecular weight excluding hydrogens is 348 g/mol. The van der Waals surface area contributed by atoms with Crippen molar-refractivity contribution in [3.63, 3.8) is 0 Å². The van der Waals surface area contributed by atoms with E-state index in [1.165, 1.54) is 24.3 Å². The molecule has 2 aromatic carbocycles. The van der Waals surface area contributed by atoms with Gasteiger partial charge in [-0.25, -0.2) is 22.3 Å². The van der Waals surface area contributed by atoms with Crippen LogP contribution < -0.4 is 10.0 Å². The van der Waals surface area contributed by atoms with E-state index in [1.807, 2.05) is 0 Å². The molecule has 0 aliphatic carbocycles. The molecule has 1 saturated heterocycles. The summed E-state index contributed by atoms with van der Waals surface area (Å²) in [5, 5.41) is 5.10. The molecule has 25 heavy (non-hydrogen) atoms. The average Bonchev–Trinajstić information content (AvgIpc) is 2.54. The highest BCUT2D eigenvalue weighted by Crippen LogP contribution is 2.20. The molecule has 2 N–H and O–H groups in total. The van der Waals surface area contributed by atoms with Gasteiger partial charge in [-0.15, -0.1) is 0 Å². The van der Waals surface area contributed by atoms with E-state index in [-0.39, 0.29) is 4.90 Å². The third-order valence-corrected chi connectivity index (χ3v) is 5.16. The Balaban J connectivity index is 1.60. The Morgan fingerprint density at radius 1 is 0.920 bits per heavy atom. The van der Waals surface area contributed by atoms with Crippen molar-refractivity contribution in [1.29, 1.82) is 0 Å². The summed E-state index contributed by atoms with van der Waals surface area (Å²) in [6, 6.07) is 10.0. The Hall–Kier alpha value is -2.03. The Morgan fingerprint density at radius 2 is 1.48 bits per heavy atom. The largest absolute Gasteiger partial charge is 0.369 e. The zero-order valence-electron chi connectivity index (χ0n) is 13.5. The number of primary sulfonamides is 1. The first-order chi connectivity index (χ1) is 11.8. The summed E-state index contributed by atoms with van der Waals surface area (Å²) in [5.41, 5.74) is 1.53. The van der Waals surface area contributed by atoms with E-state index in [2.05, 4.69) is 9.80 Å². The van der Waals surface area contributed by atoms with Crippen molar-refractivity contribution in [2.75, 3.05) is 31.1 Å². The molecule has 0 bridgehead atoms. The van der Waals surface area contributed by atoms with E-state index in [1.54, 1.807) is 12.1 Å². The molecule has 1 fully saturated rings. The number of rotatable bonds is 4. The highest BCUT2D eigenvalue weighted by molar-refractivity contribution is 7.89. The van der Waals surface area contributed by atoms with Crippen LogP contribution in [0.4, 0.5) is 14.5 Å². The van der Waals surface area contributed by atoms with Gasteiger partial charge in [0.15, 0.2) is 0 Å². The van der Waals surface area contributed by atoms with Crippen LogP contribution in [0, 0.1) is 11.6 Å². The number of hydrogen-bond donors (Lipinski definition) is 1. The lowest BCUT2D eigenvalue weighted by Crippen LogP contribution is -2.46. The number of benzene rings is 2. The topological polar surface area (TPSA) is 66.6 Å². The van der Waals surface area contributed by atoms with E-state index >= 15 is 0 Å². The predicted molar refractivity (Wildman–Crippen MR) is 91.7 cm³/mol. The third kappa shape index (κ3) is 4.53. The molecule has 1 heterocycles. The number of nitrogens with two attached hydrogens (primary N) is 1. The first-order valence-electron chi connectivity index (χ1n) is 7.86. The van der Waals surface area contributed by atoms with Crippen LogP contribution in [0.1, 0.15) is 5.56 Å². The fourth-order valence-corrected chi connectivity index (χ4v) is 3.49. The minimum Gasteiger partial charge on any atom is -0.369 e. The highest BCUT2D eigenvalue weighted by atomic mass is 32.2.